The first-order valence-electron chi connectivity index (χ1n) is 15.2. The Hall–Kier alpha value is -5.18. The van der Waals surface area contributed by atoms with Crippen molar-refractivity contribution in [3.63, 3.8) is 0 Å². The summed E-state index contributed by atoms with van der Waals surface area (Å²) in [5, 5.41) is 19.1. The molecule has 4 aromatic carbocycles. The molecular formula is C36H39N3O6. The van der Waals surface area contributed by atoms with Gasteiger partial charge in [0.15, 0.2) is 5.75 Å². The van der Waals surface area contributed by atoms with E-state index < -0.39 is 5.97 Å². The van der Waals surface area contributed by atoms with Crippen molar-refractivity contribution in [2.24, 2.45) is 15.2 Å². The fraction of sp³-hybridized carbons (Fsp3) is 0.278. The van der Waals surface area contributed by atoms with E-state index in [1.54, 1.807) is 72.9 Å². The first-order chi connectivity index (χ1) is 22.0. The smallest absolute Gasteiger partial charge is 0.343 e. The van der Waals surface area contributed by atoms with Gasteiger partial charge in [-0.2, -0.15) is 5.11 Å². The second-order valence-corrected chi connectivity index (χ2v) is 10.1. The van der Waals surface area contributed by atoms with E-state index in [4.69, 9.17) is 18.9 Å². The Morgan fingerprint density at radius 1 is 0.711 bits per heavy atom. The van der Waals surface area contributed by atoms with E-state index in [0.717, 1.165) is 25.7 Å². The van der Waals surface area contributed by atoms with Crippen molar-refractivity contribution in [3.05, 3.63) is 96.1 Å². The van der Waals surface area contributed by atoms with Crippen LogP contribution >= 0.6 is 0 Å². The number of phenols is 1. The molecule has 0 saturated carbocycles. The molecule has 0 bridgehead atoms. The van der Waals surface area contributed by atoms with Crippen LogP contribution in [0.2, 0.25) is 0 Å². The summed E-state index contributed by atoms with van der Waals surface area (Å²) in [6, 6.07) is 24.2. The zero-order chi connectivity index (χ0) is 31.9. The van der Waals surface area contributed by atoms with Gasteiger partial charge < -0.3 is 24.1 Å². The van der Waals surface area contributed by atoms with Crippen molar-refractivity contribution in [2.45, 2.75) is 46.5 Å². The molecular weight excluding hydrogens is 570 g/mol. The summed E-state index contributed by atoms with van der Waals surface area (Å²) < 4.78 is 22.6. The number of carbonyl (C=O) groups excluding carboxylic acids is 1. The summed E-state index contributed by atoms with van der Waals surface area (Å²) in [4.78, 5) is 17.2. The molecule has 234 valence electrons. The van der Waals surface area contributed by atoms with E-state index in [-0.39, 0.29) is 5.75 Å². The van der Waals surface area contributed by atoms with Crippen molar-refractivity contribution in [3.8, 4) is 28.7 Å². The van der Waals surface area contributed by atoms with E-state index in [1.165, 1.54) is 0 Å². The van der Waals surface area contributed by atoms with Gasteiger partial charge in [0.05, 0.1) is 36.8 Å². The van der Waals surface area contributed by atoms with Crippen LogP contribution in [-0.4, -0.2) is 37.1 Å². The number of phenolic OH excluding ortho intramolecular Hbond substituents is 1. The van der Waals surface area contributed by atoms with Gasteiger partial charge in [0.25, 0.3) is 0 Å². The number of carbonyl (C=O) groups is 1. The molecule has 0 radical (unpaired) electrons. The standard InChI is InChI=1S/C36H39N3O6/c1-4-7-21-43-31-18-11-27(34(40)23-31)25-37-28-12-14-29(15-13-28)38-39-33-20-19-32(24-35(33)44-22-8-5-2)45-36(41)26-9-16-30(17-10-26)42-6-3/h9-20,23-25,40H,4-8,21-22H2,1-3H3. The third kappa shape index (κ3) is 10.2. The average Bonchev–Trinajstić information content (AvgIpc) is 3.05. The Labute approximate surface area is 264 Å². The second kappa shape index (κ2) is 17.2. The molecule has 45 heavy (non-hydrogen) atoms. The monoisotopic (exact) mass is 609 g/mol. The molecule has 9 heteroatoms. The molecule has 0 aromatic heterocycles. The van der Waals surface area contributed by atoms with Crippen molar-refractivity contribution >= 4 is 29.2 Å². The van der Waals surface area contributed by atoms with E-state index in [1.807, 2.05) is 25.1 Å². The van der Waals surface area contributed by atoms with Crippen LogP contribution < -0.4 is 18.9 Å². The average molecular weight is 610 g/mol. The molecule has 0 amide bonds. The quantitative estimate of drug-likeness (QED) is 0.0445. The first-order valence-corrected chi connectivity index (χ1v) is 15.2. The molecule has 1 N–H and O–H groups in total. The van der Waals surface area contributed by atoms with Gasteiger partial charge in [-0.15, -0.1) is 5.11 Å². The number of hydrogen-bond acceptors (Lipinski definition) is 9. The van der Waals surface area contributed by atoms with Gasteiger partial charge >= 0.3 is 5.97 Å². The highest BCUT2D eigenvalue weighted by Crippen LogP contribution is 2.34. The molecule has 0 heterocycles. The summed E-state index contributed by atoms with van der Waals surface area (Å²) in [6.45, 7) is 7.74. The fourth-order valence-corrected chi connectivity index (χ4v) is 4.02. The molecule has 0 atom stereocenters. The van der Waals surface area contributed by atoms with Gasteiger partial charge in [0.2, 0.25) is 0 Å². The number of unbranched alkanes of at least 4 members (excludes halogenated alkanes) is 2. The van der Waals surface area contributed by atoms with Crippen LogP contribution in [0.3, 0.4) is 0 Å². The third-order valence-corrected chi connectivity index (χ3v) is 6.54. The van der Waals surface area contributed by atoms with Gasteiger partial charge in [-0.25, -0.2) is 4.79 Å². The SMILES string of the molecule is CCCCOc1ccc(C=Nc2ccc(N=Nc3ccc(OC(=O)c4ccc(OCC)cc4)cc3OCCCC)cc2)c(O)c1. The van der Waals surface area contributed by atoms with Crippen LogP contribution in [0, 0.1) is 0 Å². The number of aliphatic imine (C=N–C) groups is 1. The molecule has 4 rings (SSSR count). The first kappa shape index (κ1) is 32.7. The summed E-state index contributed by atoms with van der Waals surface area (Å²) in [6.07, 6.45) is 5.44. The highest BCUT2D eigenvalue weighted by molar-refractivity contribution is 5.91. The van der Waals surface area contributed by atoms with Crippen LogP contribution in [0.1, 0.15) is 62.4 Å². The number of esters is 1. The molecule has 0 fully saturated rings. The summed E-state index contributed by atoms with van der Waals surface area (Å²) >= 11 is 0. The summed E-state index contributed by atoms with van der Waals surface area (Å²) in [5.41, 5.74) is 2.82. The van der Waals surface area contributed by atoms with E-state index in [0.29, 0.717) is 71.0 Å². The van der Waals surface area contributed by atoms with Gasteiger partial charge in [-0.3, -0.25) is 4.99 Å². The third-order valence-electron chi connectivity index (χ3n) is 6.54. The largest absolute Gasteiger partial charge is 0.507 e. The highest BCUT2D eigenvalue weighted by atomic mass is 16.5. The topological polar surface area (TPSA) is 111 Å². The maximum atomic E-state index is 12.7. The van der Waals surface area contributed by atoms with E-state index in [9.17, 15) is 9.90 Å². The molecule has 0 spiro atoms. The number of nitrogens with zero attached hydrogens (tertiary/aromatic N) is 3. The Morgan fingerprint density at radius 2 is 1.38 bits per heavy atom. The zero-order valence-electron chi connectivity index (χ0n) is 25.9. The maximum Gasteiger partial charge on any atom is 0.343 e. The Morgan fingerprint density at radius 3 is 2.07 bits per heavy atom. The van der Waals surface area contributed by atoms with Crippen LogP contribution in [0.15, 0.2) is 100 Å². The minimum Gasteiger partial charge on any atom is -0.507 e. The number of aromatic hydroxyl groups is 1. The van der Waals surface area contributed by atoms with Crippen molar-refractivity contribution in [1.82, 2.24) is 0 Å². The predicted octanol–water partition coefficient (Wildman–Crippen LogP) is 9.53. The number of rotatable bonds is 16. The normalized spacial score (nSPS) is 11.2. The maximum absolute atomic E-state index is 12.7. The van der Waals surface area contributed by atoms with Crippen molar-refractivity contribution < 1.29 is 28.8 Å². The Balaban J connectivity index is 1.41. The lowest BCUT2D eigenvalue weighted by atomic mass is 10.2. The number of ether oxygens (including phenoxy) is 4. The molecule has 0 saturated heterocycles. The molecule has 0 aliphatic rings. The van der Waals surface area contributed by atoms with Gasteiger partial charge in [0.1, 0.15) is 28.7 Å². The summed E-state index contributed by atoms with van der Waals surface area (Å²) in [5.74, 6) is 1.74. The summed E-state index contributed by atoms with van der Waals surface area (Å²) in [7, 11) is 0. The van der Waals surface area contributed by atoms with Crippen LogP contribution in [0.4, 0.5) is 17.1 Å². The lowest BCUT2D eigenvalue weighted by Gasteiger charge is -2.11. The number of azo groups is 1. The van der Waals surface area contributed by atoms with Gasteiger partial charge in [0, 0.05) is 23.9 Å². The Bertz CT molecular complexity index is 1580. The van der Waals surface area contributed by atoms with Crippen LogP contribution in [-0.2, 0) is 0 Å². The minimum atomic E-state index is -0.488. The van der Waals surface area contributed by atoms with E-state index in [2.05, 4.69) is 29.1 Å². The lowest BCUT2D eigenvalue weighted by Crippen LogP contribution is -2.08. The fourth-order valence-electron chi connectivity index (χ4n) is 4.02. The number of hydrogen-bond donors (Lipinski definition) is 1. The van der Waals surface area contributed by atoms with Gasteiger partial charge in [-0.1, -0.05) is 26.7 Å². The highest BCUT2D eigenvalue weighted by Gasteiger charge is 2.12. The molecule has 9 nitrogen and oxygen atoms in total. The molecule has 4 aromatic rings. The van der Waals surface area contributed by atoms with Gasteiger partial charge in [-0.05, 0) is 92.6 Å². The lowest BCUT2D eigenvalue weighted by molar-refractivity contribution is 0.0734. The molecule has 0 aliphatic heterocycles. The molecule has 0 aliphatic carbocycles. The zero-order valence-corrected chi connectivity index (χ0v) is 25.9. The van der Waals surface area contributed by atoms with E-state index >= 15 is 0 Å². The van der Waals surface area contributed by atoms with Crippen molar-refractivity contribution in [2.75, 3.05) is 19.8 Å². The van der Waals surface area contributed by atoms with Crippen molar-refractivity contribution in [1.29, 1.82) is 0 Å². The Kier molecular flexibility index (Phi) is 12.5. The minimum absolute atomic E-state index is 0.104. The second-order valence-electron chi connectivity index (χ2n) is 10.1. The van der Waals surface area contributed by atoms with Crippen LogP contribution in [0.5, 0.6) is 28.7 Å². The number of benzene rings is 4. The predicted molar refractivity (Wildman–Crippen MR) is 176 cm³/mol. The van der Waals surface area contributed by atoms with Crippen LogP contribution in [0.25, 0.3) is 0 Å². The molecule has 0 unspecified atom stereocenters.